The summed E-state index contributed by atoms with van der Waals surface area (Å²) < 4.78 is 18.9. The van der Waals surface area contributed by atoms with Crippen LogP contribution >= 0.6 is 0 Å². The lowest BCUT2D eigenvalue weighted by Crippen LogP contribution is -2.24. The maximum Gasteiger partial charge on any atom is 0.133 e. The molecule has 1 aromatic carbocycles. The van der Waals surface area contributed by atoms with Crippen LogP contribution in [0.4, 0.5) is 10.2 Å². The molecule has 1 saturated heterocycles. The van der Waals surface area contributed by atoms with Crippen molar-refractivity contribution >= 4 is 5.82 Å². The molecule has 0 bridgehead atoms. The van der Waals surface area contributed by atoms with Gasteiger partial charge in [-0.3, -0.25) is 4.98 Å². The molecule has 28 heavy (non-hydrogen) atoms. The highest BCUT2D eigenvalue weighted by Crippen LogP contribution is 2.27. The molecule has 0 saturated carbocycles. The van der Waals surface area contributed by atoms with Crippen LogP contribution in [0.2, 0.25) is 0 Å². The molecule has 2 aromatic heterocycles. The zero-order chi connectivity index (χ0) is 19.3. The Bertz CT molecular complexity index is 912. The van der Waals surface area contributed by atoms with E-state index in [2.05, 4.69) is 20.9 Å². The van der Waals surface area contributed by atoms with Crippen molar-refractivity contribution in [2.45, 2.75) is 32.4 Å². The van der Waals surface area contributed by atoms with Gasteiger partial charge in [0.1, 0.15) is 17.5 Å². The van der Waals surface area contributed by atoms with Gasteiger partial charge in [0.05, 0.1) is 12.3 Å². The van der Waals surface area contributed by atoms with Crippen molar-refractivity contribution in [2.75, 3.05) is 18.1 Å². The number of aryl methyl sites for hydroxylation is 1. The Labute approximate surface area is 164 Å². The maximum absolute atomic E-state index is 13.3. The van der Waals surface area contributed by atoms with Crippen molar-refractivity contribution < 1.29 is 9.13 Å². The van der Waals surface area contributed by atoms with Gasteiger partial charge < -0.3 is 9.64 Å². The second-order valence-corrected chi connectivity index (χ2v) is 7.10. The van der Waals surface area contributed by atoms with Gasteiger partial charge in [-0.05, 0) is 48.7 Å². The van der Waals surface area contributed by atoms with E-state index in [1.807, 2.05) is 31.2 Å². The minimum atomic E-state index is -0.231. The summed E-state index contributed by atoms with van der Waals surface area (Å²) in [7, 11) is 0. The number of aromatic nitrogens is 3. The summed E-state index contributed by atoms with van der Waals surface area (Å²) in [6, 6.07) is 12.7. The third-order valence-electron chi connectivity index (χ3n) is 4.93. The molecule has 1 aliphatic rings. The average molecular weight is 378 g/mol. The van der Waals surface area contributed by atoms with Gasteiger partial charge in [-0.25, -0.2) is 14.4 Å². The van der Waals surface area contributed by atoms with E-state index in [1.165, 1.54) is 12.1 Å². The Morgan fingerprint density at radius 2 is 1.75 bits per heavy atom. The zero-order valence-electron chi connectivity index (χ0n) is 15.9. The van der Waals surface area contributed by atoms with Crippen LogP contribution in [0.25, 0.3) is 0 Å². The first-order valence-corrected chi connectivity index (χ1v) is 9.49. The third-order valence-corrected chi connectivity index (χ3v) is 4.93. The van der Waals surface area contributed by atoms with Crippen molar-refractivity contribution in [1.29, 1.82) is 0 Å². The number of benzene rings is 1. The lowest BCUT2D eigenvalue weighted by Gasteiger charge is -2.25. The zero-order valence-corrected chi connectivity index (χ0v) is 15.9. The Morgan fingerprint density at radius 3 is 2.43 bits per heavy atom. The van der Waals surface area contributed by atoms with Crippen molar-refractivity contribution in [1.82, 2.24) is 15.0 Å². The van der Waals surface area contributed by atoms with E-state index in [0.717, 1.165) is 41.5 Å². The highest BCUT2D eigenvalue weighted by Gasteiger charge is 2.21. The molecule has 0 aliphatic carbocycles. The topological polar surface area (TPSA) is 51.1 Å². The van der Waals surface area contributed by atoms with Gasteiger partial charge >= 0.3 is 0 Å². The number of halogens is 1. The summed E-state index contributed by atoms with van der Waals surface area (Å²) in [6.07, 6.45) is 4.56. The standard InChI is InChI=1S/C22H23FN4O/c1-16-25-21(19-8-11-28-15-19)12-22(26-16)27(14-18-6-9-24-10-7-18)13-17-2-4-20(23)5-3-17/h2-7,9-10,12,19H,8,11,13-15H2,1H3. The average Bonchev–Trinajstić information content (AvgIpc) is 3.24. The van der Waals surface area contributed by atoms with Crippen molar-refractivity contribution in [3.63, 3.8) is 0 Å². The molecule has 3 aromatic rings. The number of nitrogens with zero attached hydrogens (tertiary/aromatic N) is 4. The maximum atomic E-state index is 13.3. The highest BCUT2D eigenvalue weighted by atomic mass is 19.1. The van der Waals surface area contributed by atoms with E-state index >= 15 is 0 Å². The fraction of sp³-hybridized carbons (Fsp3) is 0.318. The predicted octanol–water partition coefficient (Wildman–Crippen LogP) is 4.03. The number of hydrogen-bond donors (Lipinski definition) is 0. The number of pyridine rings is 1. The molecule has 1 atom stereocenters. The lowest BCUT2D eigenvalue weighted by atomic mass is 10.0. The molecular weight excluding hydrogens is 355 g/mol. The van der Waals surface area contributed by atoms with Crippen LogP contribution < -0.4 is 4.90 Å². The number of ether oxygens (including phenoxy) is 1. The molecule has 0 amide bonds. The van der Waals surface area contributed by atoms with Gasteiger partial charge in [0.15, 0.2) is 0 Å². The second-order valence-electron chi connectivity index (χ2n) is 7.10. The molecule has 0 N–H and O–H groups in total. The molecule has 1 unspecified atom stereocenters. The molecule has 1 fully saturated rings. The second kappa shape index (κ2) is 8.44. The van der Waals surface area contributed by atoms with E-state index in [1.54, 1.807) is 12.4 Å². The fourth-order valence-electron chi connectivity index (χ4n) is 3.45. The first-order chi connectivity index (χ1) is 13.7. The summed E-state index contributed by atoms with van der Waals surface area (Å²) in [6.45, 7) is 4.71. The number of hydrogen-bond acceptors (Lipinski definition) is 5. The van der Waals surface area contributed by atoms with Gasteiger partial charge in [0.2, 0.25) is 0 Å². The molecule has 4 rings (SSSR count). The van der Waals surface area contributed by atoms with E-state index in [-0.39, 0.29) is 5.82 Å². The van der Waals surface area contributed by atoms with Crippen LogP contribution in [0.15, 0.2) is 54.9 Å². The van der Waals surface area contributed by atoms with Crippen LogP contribution in [0.1, 0.15) is 35.0 Å². The third kappa shape index (κ3) is 4.51. The van der Waals surface area contributed by atoms with Crippen LogP contribution in [0.3, 0.4) is 0 Å². The van der Waals surface area contributed by atoms with Crippen LogP contribution in [-0.4, -0.2) is 28.2 Å². The molecule has 0 radical (unpaired) electrons. The Kier molecular flexibility index (Phi) is 5.58. The van der Waals surface area contributed by atoms with E-state index in [0.29, 0.717) is 25.6 Å². The Morgan fingerprint density at radius 1 is 1.04 bits per heavy atom. The monoisotopic (exact) mass is 378 g/mol. The van der Waals surface area contributed by atoms with Gasteiger partial charge in [0, 0.05) is 44.1 Å². The summed E-state index contributed by atoms with van der Waals surface area (Å²) in [5, 5.41) is 0. The highest BCUT2D eigenvalue weighted by molar-refractivity contribution is 5.43. The van der Waals surface area contributed by atoms with Gasteiger partial charge in [-0.15, -0.1) is 0 Å². The summed E-state index contributed by atoms with van der Waals surface area (Å²) in [4.78, 5) is 15.6. The molecule has 6 heteroatoms. The predicted molar refractivity (Wildman–Crippen MR) is 105 cm³/mol. The summed E-state index contributed by atoms with van der Waals surface area (Å²) >= 11 is 0. The smallest absolute Gasteiger partial charge is 0.133 e. The van der Waals surface area contributed by atoms with Crippen LogP contribution in [0.5, 0.6) is 0 Å². The quantitative estimate of drug-likeness (QED) is 0.648. The van der Waals surface area contributed by atoms with E-state index in [4.69, 9.17) is 9.72 Å². The minimum absolute atomic E-state index is 0.231. The molecule has 3 heterocycles. The summed E-state index contributed by atoms with van der Waals surface area (Å²) in [5.41, 5.74) is 3.19. The molecule has 1 aliphatic heterocycles. The van der Waals surface area contributed by atoms with Gasteiger partial charge in [-0.1, -0.05) is 12.1 Å². The van der Waals surface area contributed by atoms with Crippen molar-refractivity contribution in [3.05, 3.63) is 83.3 Å². The normalized spacial score (nSPS) is 16.3. The first kappa shape index (κ1) is 18.5. The Hall–Kier alpha value is -2.86. The molecule has 144 valence electrons. The number of anilines is 1. The van der Waals surface area contributed by atoms with Gasteiger partial charge in [0.25, 0.3) is 0 Å². The molecular formula is C22H23FN4O. The largest absolute Gasteiger partial charge is 0.381 e. The lowest BCUT2D eigenvalue weighted by molar-refractivity contribution is 0.193. The van der Waals surface area contributed by atoms with Gasteiger partial charge in [-0.2, -0.15) is 0 Å². The van der Waals surface area contributed by atoms with Crippen molar-refractivity contribution in [3.8, 4) is 0 Å². The fourth-order valence-corrected chi connectivity index (χ4v) is 3.45. The minimum Gasteiger partial charge on any atom is -0.381 e. The van der Waals surface area contributed by atoms with E-state index < -0.39 is 0 Å². The van der Waals surface area contributed by atoms with Crippen LogP contribution in [0, 0.1) is 12.7 Å². The van der Waals surface area contributed by atoms with Crippen LogP contribution in [-0.2, 0) is 17.8 Å². The molecule has 5 nitrogen and oxygen atoms in total. The van der Waals surface area contributed by atoms with Crippen molar-refractivity contribution in [2.24, 2.45) is 0 Å². The SMILES string of the molecule is Cc1nc(C2CCOC2)cc(N(Cc2ccncc2)Cc2ccc(F)cc2)n1. The Balaban J connectivity index is 1.66. The summed E-state index contributed by atoms with van der Waals surface area (Å²) in [5.74, 6) is 1.70. The first-order valence-electron chi connectivity index (χ1n) is 9.49. The van der Waals surface area contributed by atoms with E-state index in [9.17, 15) is 4.39 Å². The number of rotatable bonds is 6. The molecule has 0 spiro atoms.